The molecule has 21 heavy (non-hydrogen) atoms. The van der Waals surface area contributed by atoms with Gasteiger partial charge in [0, 0.05) is 22.3 Å². The highest BCUT2D eigenvalue weighted by molar-refractivity contribution is 9.10. The first-order valence-electron chi connectivity index (χ1n) is 6.96. The van der Waals surface area contributed by atoms with Gasteiger partial charge in [0.15, 0.2) is 5.78 Å². The van der Waals surface area contributed by atoms with E-state index in [0.29, 0.717) is 5.56 Å². The summed E-state index contributed by atoms with van der Waals surface area (Å²) >= 11 is 3.50. The third kappa shape index (κ3) is 2.81. The summed E-state index contributed by atoms with van der Waals surface area (Å²) in [4.78, 5) is 13.8. The van der Waals surface area contributed by atoms with Gasteiger partial charge in [-0.2, -0.15) is 0 Å². The summed E-state index contributed by atoms with van der Waals surface area (Å²) in [6, 6.07) is 13.9. The Balaban J connectivity index is 2.04. The molecule has 108 valence electrons. The molecule has 1 aliphatic heterocycles. The van der Waals surface area contributed by atoms with Gasteiger partial charge in [-0.05, 0) is 59.6 Å². The van der Waals surface area contributed by atoms with Gasteiger partial charge >= 0.3 is 0 Å². The number of carbonyl (C=O) groups is 1. The molecule has 0 atom stereocenters. The van der Waals surface area contributed by atoms with Gasteiger partial charge in [-0.3, -0.25) is 4.79 Å². The van der Waals surface area contributed by atoms with Crippen LogP contribution in [-0.4, -0.2) is 18.9 Å². The van der Waals surface area contributed by atoms with Crippen molar-refractivity contribution in [2.75, 3.05) is 18.1 Å². The van der Waals surface area contributed by atoms with Gasteiger partial charge in [0.2, 0.25) is 0 Å². The minimum absolute atomic E-state index is 0.0630. The molecule has 0 fully saturated rings. The molecule has 4 heteroatoms. The molecule has 3 nitrogen and oxygen atoms in total. The Morgan fingerprint density at radius 3 is 2.81 bits per heavy atom. The van der Waals surface area contributed by atoms with Crippen LogP contribution in [0.1, 0.15) is 23.7 Å². The van der Waals surface area contributed by atoms with E-state index in [9.17, 15) is 4.79 Å². The highest BCUT2D eigenvalue weighted by Crippen LogP contribution is 2.37. The monoisotopic (exact) mass is 345 g/mol. The Hall–Kier alpha value is -1.81. The molecular weight excluding hydrogens is 330 g/mol. The number of Topliss-reactive ketones (excluding diaryl/α,β-unsaturated/α-hetero) is 1. The number of para-hydroxylation sites is 2. The minimum atomic E-state index is 0.0630. The molecule has 0 aliphatic carbocycles. The van der Waals surface area contributed by atoms with Crippen LogP contribution in [0.25, 0.3) is 0 Å². The van der Waals surface area contributed by atoms with Crippen molar-refractivity contribution in [3.8, 4) is 5.75 Å². The van der Waals surface area contributed by atoms with Crippen LogP contribution in [0.2, 0.25) is 0 Å². The quantitative estimate of drug-likeness (QED) is 0.746. The normalized spacial score (nSPS) is 14.1. The third-order valence-electron chi connectivity index (χ3n) is 3.58. The average Bonchev–Trinajstić information content (AvgIpc) is 2.69. The van der Waals surface area contributed by atoms with Crippen LogP contribution in [0.4, 0.5) is 11.4 Å². The van der Waals surface area contributed by atoms with Gasteiger partial charge in [-0.1, -0.05) is 12.1 Å². The smallest absolute Gasteiger partial charge is 0.160 e. The number of fused-ring (bicyclic) bond motifs is 1. The number of carbonyl (C=O) groups excluding carboxylic acids is 1. The van der Waals surface area contributed by atoms with Gasteiger partial charge in [0.1, 0.15) is 5.75 Å². The number of anilines is 2. The summed E-state index contributed by atoms with van der Waals surface area (Å²) < 4.78 is 6.61. The summed E-state index contributed by atoms with van der Waals surface area (Å²) in [5.41, 5.74) is 2.83. The molecule has 0 N–H and O–H groups in total. The first-order chi connectivity index (χ1) is 10.2. The highest BCUT2D eigenvalue weighted by atomic mass is 79.9. The van der Waals surface area contributed by atoms with E-state index < -0.39 is 0 Å². The van der Waals surface area contributed by atoms with E-state index in [0.717, 1.165) is 41.2 Å². The molecule has 1 aliphatic rings. The Labute approximate surface area is 132 Å². The Kier molecular flexibility index (Phi) is 3.97. The van der Waals surface area contributed by atoms with Crippen molar-refractivity contribution < 1.29 is 9.53 Å². The first-order valence-corrected chi connectivity index (χ1v) is 7.76. The van der Waals surface area contributed by atoms with Crippen molar-refractivity contribution in [1.29, 1.82) is 0 Å². The fraction of sp³-hybridized carbons (Fsp3) is 0.235. The fourth-order valence-electron chi connectivity index (χ4n) is 2.55. The first kappa shape index (κ1) is 14.1. The zero-order valence-corrected chi connectivity index (χ0v) is 13.4. The third-order valence-corrected chi connectivity index (χ3v) is 4.24. The molecule has 2 aromatic carbocycles. The van der Waals surface area contributed by atoms with Crippen LogP contribution in [0, 0.1) is 0 Å². The summed E-state index contributed by atoms with van der Waals surface area (Å²) in [5.74, 6) is 0.967. The summed E-state index contributed by atoms with van der Waals surface area (Å²) in [6.07, 6.45) is 0.959. The predicted octanol–water partition coefficient (Wildman–Crippen LogP) is 4.57. The molecule has 0 spiro atoms. The van der Waals surface area contributed by atoms with Crippen molar-refractivity contribution in [2.45, 2.75) is 13.3 Å². The minimum Gasteiger partial charge on any atom is -0.491 e. The van der Waals surface area contributed by atoms with Gasteiger partial charge in [0.05, 0.1) is 12.3 Å². The molecule has 3 rings (SSSR count). The van der Waals surface area contributed by atoms with E-state index in [1.54, 1.807) is 6.92 Å². The van der Waals surface area contributed by atoms with E-state index in [4.69, 9.17) is 4.74 Å². The highest BCUT2D eigenvalue weighted by Gasteiger charge is 2.18. The Morgan fingerprint density at radius 2 is 2.05 bits per heavy atom. The number of halogens is 1. The van der Waals surface area contributed by atoms with Crippen LogP contribution in [-0.2, 0) is 0 Å². The maximum absolute atomic E-state index is 11.5. The van der Waals surface area contributed by atoms with E-state index in [2.05, 4.69) is 26.9 Å². The summed E-state index contributed by atoms with van der Waals surface area (Å²) in [5, 5.41) is 0. The second kappa shape index (κ2) is 5.90. The zero-order valence-electron chi connectivity index (χ0n) is 11.8. The van der Waals surface area contributed by atoms with E-state index in [-0.39, 0.29) is 5.78 Å². The van der Waals surface area contributed by atoms with Crippen molar-refractivity contribution in [1.82, 2.24) is 0 Å². The topological polar surface area (TPSA) is 29.5 Å². The molecule has 2 aromatic rings. The van der Waals surface area contributed by atoms with Gasteiger partial charge in [0.25, 0.3) is 0 Å². The largest absolute Gasteiger partial charge is 0.491 e. The van der Waals surface area contributed by atoms with Crippen LogP contribution in [0.15, 0.2) is 46.9 Å². The lowest BCUT2D eigenvalue weighted by Gasteiger charge is -2.24. The Morgan fingerprint density at radius 1 is 1.24 bits per heavy atom. The second-order valence-corrected chi connectivity index (χ2v) is 5.90. The number of ketones is 1. The second-order valence-electron chi connectivity index (χ2n) is 5.04. The maximum atomic E-state index is 11.5. The summed E-state index contributed by atoms with van der Waals surface area (Å²) in [6.45, 7) is 3.19. The maximum Gasteiger partial charge on any atom is 0.160 e. The van der Waals surface area contributed by atoms with Crippen LogP contribution < -0.4 is 9.64 Å². The van der Waals surface area contributed by atoms with E-state index in [1.165, 1.54) is 0 Å². The molecule has 0 radical (unpaired) electrons. The van der Waals surface area contributed by atoms with Crippen molar-refractivity contribution in [2.24, 2.45) is 0 Å². The number of hydrogen-bond acceptors (Lipinski definition) is 3. The SMILES string of the molecule is CC(=O)c1ccc(N2CCCOc3ccccc32)cc1Br. The molecule has 0 aromatic heterocycles. The van der Waals surface area contributed by atoms with Crippen molar-refractivity contribution in [3.05, 3.63) is 52.5 Å². The number of nitrogens with zero attached hydrogens (tertiary/aromatic N) is 1. The number of benzene rings is 2. The lowest BCUT2D eigenvalue weighted by molar-refractivity contribution is 0.101. The number of rotatable bonds is 2. The number of hydrogen-bond donors (Lipinski definition) is 0. The Bertz CT molecular complexity index is 684. The van der Waals surface area contributed by atoms with Crippen LogP contribution in [0.5, 0.6) is 5.75 Å². The molecule has 0 amide bonds. The standard InChI is InChI=1S/C17H16BrNO2/c1-12(20)14-8-7-13(11-15(14)18)19-9-4-10-21-17-6-3-2-5-16(17)19/h2-3,5-8,11H,4,9-10H2,1H3. The average molecular weight is 346 g/mol. The molecule has 0 saturated heterocycles. The van der Waals surface area contributed by atoms with Crippen LogP contribution >= 0.6 is 15.9 Å². The molecule has 0 unspecified atom stereocenters. The van der Waals surface area contributed by atoms with E-state index >= 15 is 0 Å². The predicted molar refractivity (Wildman–Crippen MR) is 87.7 cm³/mol. The van der Waals surface area contributed by atoms with Gasteiger partial charge in [-0.15, -0.1) is 0 Å². The van der Waals surface area contributed by atoms with E-state index in [1.807, 2.05) is 36.4 Å². The summed E-state index contributed by atoms with van der Waals surface area (Å²) in [7, 11) is 0. The van der Waals surface area contributed by atoms with Gasteiger partial charge in [-0.25, -0.2) is 0 Å². The van der Waals surface area contributed by atoms with Crippen LogP contribution in [0.3, 0.4) is 0 Å². The fourth-order valence-corrected chi connectivity index (χ4v) is 3.20. The van der Waals surface area contributed by atoms with Gasteiger partial charge < -0.3 is 9.64 Å². The molecule has 0 saturated carbocycles. The molecule has 1 heterocycles. The molecule has 0 bridgehead atoms. The lowest BCUT2D eigenvalue weighted by atomic mass is 10.1. The zero-order chi connectivity index (χ0) is 14.8. The lowest BCUT2D eigenvalue weighted by Crippen LogP contribution is -2.17. The van der Waals surface area contributed by atoms with Crippen molar-refractivity contribution in [3.63, 3.8) is 0 Å². The number of ether oxygens (including phenoxy) is 1. The molecular formula is C17H16BrNO2. The van der Waals surface area contributed by atoms with Crippen molar-refractivity contribution >= 4 is 33.1 Å².